The van der Waals surface area contributed by atoms with Crippen LogP contribution >= 0.6 is 0 Å². The lowest BCUT2D eigenvalue weighted by atomic mass is 9.82. The molecule has 0 radical (unpaired) electrons. The zero-order valence-corrected chi connectivity index (χ0v) is 11.6. The molecule has 110 valence electrons. The molecule has 5 heteroatoms. The second kappa shape index (κ2) is 5.56. The Labute approximate surface area is 116 Å². The number of likely N-dealkylation sites (N-methyl/N-ethyl adjacent to an activating group) is 1. The van der Waals surface area contributed by atoms with E-state index in [9.17, 15) is 18.0 Å². The summed E-state index contributed by atoms with van der Waals surface area (Å²) in [5.41, 5.74) is -0.223. The van der Waals surface area contributed by atoms with E-state index in [1.807, 2.05) is 18.9 Å². The van der Waals surface area contributed by atoms with Gasteiger partial charge in [-0.05, 0) is 25.1 Å². The number of likely N-dealkylation sites (tertiary alicyclic amines) is 1. The zero-order chi connectivity index (χ0) is 14.9. The average Bonchev–Trinajstić information content (AvgIpc) is 2.40. The van der Waals surface area contributed by atoms with Crippen molar-refractivity contribution in [3.63, 3.8) is 0 Å². The van der Waals surface area contributed by atoms with Crippen molar-refractivity contribution in [2.24, 2.45) is 5.92 Å². The van der Waals surface area contributed by atoms with E-state index < -0.39 is 17.7 Å². The molecule has 1 fully saturated rings. The number of Topliss-reactive ketones (excluding diaryl/α,β-unsaturated/α-hetero) is 1. The summed E-state index contributed by atoms with van der Waals surface area (Å²) in [6.07, 6.45) is -3.65. The predicted octanol–water partition coefficient (Wildman–Crippen LogP) is 3.33. The lowest BCUT2D eigenvalue weighted by Crippen LogP contribution is -2.43. The Morgan fingerprint density at radius 2 is 2.00 bits per heavy atom. The van der Waals surface area contributed by atoms with Gasteiger partial charge in [-0.2, -0.15) is 13.2 Å². The SMILES string of the molecule is CCC1CN(C)CC(c2cccc(C(F)(F)F)c2)C1=O. The van der Waals surface area contributed by atoms with Gasteiger partial charge in [0.05, 0.1) is 11.5 Å². The van der Waals surface area contributed by atoms with Gasteiger partial charge in [-0.15, -0.1) is 0 Å². The van der Waals surface area contributed by atoms with Crippen LogP contribution in [0.15, 0.2) is 24.3 Å². The highest BCUT2D eigenvalue weighted by atomic mass is 19.4. The van der Waals surface area contributed by atoms with Crippen molar-refractivity contribution >= 4 is 5.78 Å². The van der Waals surface area contributed by atoms with Gasteiger partial charge in [-0.25, -0.2) is 0 Å². The number of ketones is 1. The number of nitrogens with zero attached hydrogens (tertiary/aromatic N) is 1. The third-order valence-corrected chi connectivity index (χ3v) is 3.88. The summed E-state index contributed by atoms with van der Waals surface area (Å²) in [6, 6.07) is 5.14. The molecule has 0 amide bonds. The lowest BCUT2D eigenvalue weighted by molar-refractivity contribution is -0.138. The van der Waals surface area contributed by atoms with Gasteiger partial charge >= 0.3 is 6.18 Å². The highest BCUT2D eigenvalue weighted by Crippen LogP contribution is 2.33. The smallest absolute Gasteiger partial charge is 0.305 e. The Morgan fingerprint density at radius 3 is 2.60 bits per heavy atom. The molecular formula is C15H18F3NO. The number of hydrogen-bond donors (Lipinski definition) is 0. The molecule has 2 unspecified atom stereocenters. The van der Waals surface area contributed by atoms with E-state index in [-0.39, 0.29) is 11.7 Å². The zero-order valence-electron chi connectivity index (χ0n) is 11.6. The number of alkyl halides is 3. The van der Waals surface area contributed by atoms with Crippen molar-refractivity contribution < 1.29 is 18.0 Å². The molecule has 20 heavy (non-hydrogen) atoms. The van der Waals surface area contributed by atoms with Crippen molar-refractivity contribution in [2.75, 3.05) is 20.1 Å². The Hall–Kier alpha value is -1.36. The lowest BCUT2D eigenvalue weighted by Gasteiger charge is -2.34. The molecule has 2 nitrogen and oxygen atoms in total. The first-order chi connectivity index (χ1) is 9.32. The number of benzene rings is 1. The highest BCUT2D eigenvalue weighted by molar-refractivity contribution is 5.89. The number of halogens is 3. The molecule has 2 rings (SSSR count). The van der Waals surface area contributed by atoms with Crippen molar-refractivity contribution in [3.05, 3.63) is 35.4 Å². The summed E-state index contributed by atoms with van der Waals surface area (Å²) in [5.74, 6) is -0.487. The van der Waals surface area contributed by atoms with E-state index in [0.29, 0.717) is 18.7 Å². The van der Waals surface area contributed by atoms with E-state index in [4.69, 9.17) is 0 Å². The molecule has 0 aromatic heterocycles. The Morgan fingerprint density at radius 1 is 1.30 bits per heavy atom. The van der Waals surface area contributed by atoms with Crippen LogP contribution in [0.4, 0.5) is 13.2 Å². The maximum atomic E-state index is 12.8. The molecular weight excluding hydrogens is 267 g/mol. The Bertz CT molecular complexity index is 498. The molecule has 1 aliphatic heterocycles. The highest BCUT2D eigenvalue weighted by Gasteiger charge is 2.36. The van der Waals surface area contributed by atoms with Crippen molar-refractivity contribution in [2.45, 2.75) is 25.4 Å². The largest absolute Gasteiger partial charge is 0.416 e. The van der Waals surface area contributed by atoms with E-state index in [1.54, 1.807) is 6.07 Å². The maximum absolute atomic E-state index is 12.8. The van der Waals surface area contributed by atoms with Gasteiger partial charge in [-0.1, -0.05) is 25.1 Å². The van der Waals surface area contributed by atoms with E-state index in [1.165, 1.54) is 6.07 Å². The van der Waals surface area contributed by atoms with E-state index in [2.05, 4.69) is 0 Å². The molecule has 1 aromatic carbocycles. The maximum Gasteiger partial charge on any atom is 0.416 e. The summed E-state index contributed by atoms with van der Waals surface area (Å²) in [5, 5.41) is 0. The van der Waals surface area contributed by atoms with Crippen molar-refractivity contribution in [1.82, 2.24) is 4.90 Å². The molecule has 2 atom stereocenters. The Balaban J connectivity index is 2.32. The predicted molar refractivity (Wildman–Crippen MR) is 70.5 cm³/mol. The molecule has 1 heterocycles. The summed E-state index contributed by atoms with van der Waals surface area (Å²) < 4.78 is 38.3. The van der Waals surface area contributed by atoms with Gasteiger partial charge < -0.3 is 4.90 Å². The fraction of sp³-hybridized carbons (Fsp3) is 0.533. The van der Waals surface area contributed by atoms with Gasteiger partial charge in [-0.3, -0.25) is 4.79 Å². The molecule has 0 N–H and O–H groups in total. The van der Waals surface area contributed by atoms with E-state index >= 15 is 0 Å². The van der Waals surface area contributed by atoms with Crippen LogP contribution in [-0.4, -0.2) is 30.8 Å². The van der Waals surface area contributed by atoms with Crippen LogP contribution < -0.4 is 0 Å². The van der Waals surface area contributed by atoms with Crippen LogP contribution in [0.3, 0.4) is 0 Å². The minimum absolute atomic E-state index is 0.0601. The quantitative estimate of drug-likeness (QED) is 0.830. The van der Waals surface area contributed by atoms with Crippen LogP contribution in [0.1, 0.15) is 30.4 Å². The fourth-order valence-electron chi connectivity index (χ4n) is 2.76. The van der Waals surface area contributed by atoms with Crippen LogP contribution in [0, 0.1) is 5.92 Å². The van der Waals surface area contributed by atoms with Crippen LogP contribution in [0.25, 0.3) is 0 Å². The van der Waals surface area contributed by atoms with Crippen LogP contribution in [0.5, 0.6) is 0 Å². The summed E-state index contributed by atoms with van der Waals surface area (Å²) in [7, 11) is 1.90. The summed E-state index contributed by atoms with van der Waals surface area (Å²) in [4.78, 5) is 14.4. The number of piperidine rings is 1. The first-order valence-electron chi connectivity index (χ1n) is 6.72. The minimum atomic E-state index is -4.37. The second-order valence-electron chi connectivity index (χ2n) is 5.40. The normalized spacial score (nSPS) is 24.9. The molecule has 1 saturated heterocycles. The average molecular weight is 285 g/mol. The van der Waals surface area contributed by atoms with E-state index in [0.717, 1.165) is 18.6 Å². The van der Waals surface area contributed by atoms with Crippen molar-refractivity contribution in [3.8, 4) is 0 Å². The third kappa shape index (κ3) is 3.03. The number of carbonyl (C=O) groups is 1. The first-order valence-corrected chi connectivity index (χ1v) is 6.72. The van der Waals surface area contributed by atoms with Crippen LogP contribution in [-0.2, 0) is 11.0 Å². The monoisotopic (exact) mass is 285 g/mol. The number of carbonyl (C=O) groups excluding carboxylic acids is 1. The number of hydrogen-bond acceptors (Lipinski definition) is 2. The van der Waals surface area contributed by atoms with Gasteiger partial charge in [0.2, 0.25) is 0 Å². The fourth-order valence-corrected chi connectivity index (χ4v) is 2.76. The summed E-state index contributed by atoms with van der Waals surface area (Å²) in [6.45, 7) is 3.10. The van der Waals surface area contributed by atoms with Gasteiger partial charge in [0.15, 0.2) is 0 Å². The summed E-state index contributed by atoms with van der Waals surface area (Å²) >= 11 is 0. The molecule has 1 aromatic rings. The molecule has 0 spiro atoms. The topological polar surface area (TPSA) is 20.3 Å². The minimum Gasteiger partial charge on any atom is -0.305 e. The van der Waals surface area contributed by atoms with Gasteiger partial charge in [0.25, 0.3) is 0 Å². The van der Waals surface area contributed by atoms with Crippen molar-refractivity contribution in [1.29, 1.82) is 0 Å². The van der Waals surface area contributed by atoms with Gasteiger partial charge in [0.1, 0.15) is 5.78 Å². The molecule has 0 bridgehead atoms. The Kier molecular flexibility index (Phi) is 4.18. The first kappa shape index (κ1) is 15.0. The third-order valence-electron chi connectivity index (χ3n) is 3.88. The second-order valence-corrected chi connectivity index (χ2v) is 5.40. The molecule has 0 aliphatic carbocycles. The van der Waals surface area contributed by atoms with Gasteiger partial charge in [0, 0.05) is 19.0 Å². The molecule has 0 saturated carbocycles. The standard InChI is InChI=1S/C15H18F3NO/c1-3-10-8-19(2)9-13(14(10)20)11-5-4-6-12(7-11)15(16,17)18/h4-7,10,13H,3,8-9H2,1-2H3. The number of rotatable bonds is 2. The van der Waals surface area contributed by atoms with Crippen LogP contribution in [0.2, 0.25) is 0 Å². The molecule has 1 aliphatic rings.